The van der Waals surface area contributed by atoms with Crippen molar-refractivity contribution in [1.82, 2.24) is 10.2 Å². The van der Waals surface area contributed by atoms with E-state index in [1.165, 1.54) is 0 Å². The van der Waals surface area contributed by atoms with Crippen LogP contribution in [-0.2, 0) is 4.79 Å². The summed E-state index contributed by atoms with van der Waals surface area (Å²) in [5.74, 6) is -1.36. The Morgan fingerprint density at radius 1 is 1.41 bits per heavy atom. The van der Waals surface area contributed by atoms with E-state index in [0.717, 1.165) is 0 Å². The summed E-state index contributed by atoms with van der Waals surface area (Å²) in [6.45, 7) is -1.83. The van der Waals surface area contributed by atoms with Crippen LogP contribution in [0.3, 0.4) is 0 Å². The van der Waals surface area contributed by atoms with Crippen LogP contribution in [0, 0.1) is 0 Å². The smallest absolute Gasteiger partial charge is 0.405 e. The first-order valence-electron chi connectivity index (χ1n) is 4.73. The van der Waals surface area contributed by atoms with Crippen LogP contribution in [-0.4, -0.2) is 58.5 Å². The van der Waals surface area contributed by atoms with Crippen molar-refractivity contribution >= 4 is 12.0 Å². The molecule has 17 heavy (non-hydrogen) atoms. The van der Waals surface area contributed by atoms with Gasteiger partial charge < -0.3 is 20.4 Å². The molecular formula is C8H11F3N2O4. The molecule has 9 heteroatoms. The average molecular weight is 256 g/mol. The van der Waals surface area contributed by atoms with Crippen LogP contribution in [0.1, 0.15) is 6.42 Å². The lowest BCUT2D eigenvalue weighted by Gasteiger charge is -2.21. The highest BCUT2D eigenvalue weighted by atomic mass is 19.4. The molecule has 1 fully saturated rings. The fraction of sp³-hybridized carbons (Fsp3) is 0.750. The zero-order valence-corrected chi connectivity index (χ0v) is 8.57. The number of aliphatic hydroxyl groups is 1. The van der Waals surface area contributed by atoms with Gasteiger partial charge in [-0.3, -0.25) is 0 Å². The van der Waals surface area contributed by atoms with Gasteiger partial charge in [0.1, 0.15) is 12.6 Å². The standard InChI is InChI=1S/C8H11F3N2O4/c9-8(10,11)3-12-7(17)13-2-4(14)1-5(13)6(15)16/h4-5,14H,1-3H2,(H,12,17)(H,15,16)/t4-,5+/m1/s1. The van der Waals surface area contributed by atoms with Gasteiger partial charge in [0.2, 0.25) is 0 Å². The third-order valence-corrected chi connectivity index (χ3v) is 2.26. The highest BCUT2D eigenvalue weighted by molar-refractivity contribution is 5.83. The number of β-amino-alcohol motifs (C(OH)–C–C–N with tert-alkyl or cyclic N) is 1. The lowest BCUT2D eigenvalue weighted by molar-refractivity contribution is -0.141. The first kappa shape index (κ1) is 13.6. The number of rotatable bonds is 2. The monoisotopic (exact) mass is 256 g/mol. The number of amides is 2. The first-order chi connectivity index (χ1) is 7.70. The van der Waals surface area contributed by atoms with Crippen molar-refractivity contribution in [2.24, 2.45) is 0 Å². The Bertz CT molecular complexity index is 320. The van der Waals surface area contributed by atoms with Crippen molar-refractivity contribution in [2.45, 2.75) is 24.7 Å². The van der Waals surface area contributed by atoms with E-state index < -0.39 is 36.9 Å². The number of alkyl halides is 3. The number of nitrogens with one attached hydrogen (secondary N) is 1. The van der Waals surface area contributed by atoms with Gasteiger partial charge in [0.15, 0.2) is 0 Å². The third-order valence-electron chi connectivity index (χ3n) is 2.26. The molecule has 2 amide bonds. The van der Waals surface area contributed by atoms with Gasteiger partial charge in [-0.15, -0.1) is 0 Å². The van der Waals surface area contributed by atoms with Gasteiger partial charge in [-0.2, -0.15) is 13.2 Å². The summed E-state index contributed by atoms with van der Waals surface area (Å²) >= 11 is 0. The van der Waals surface area contributed by atoms with Crippen LogP contribution in [0.5, 0.6) is 0 Å². The summed E-state index contributed by atoms with van der Waals surface area (Å²) in [5.41, 5.74) is 0. The number of hydrogen-bond acceptors (Lipinski definition) is 3. The van der Waals surface area contributed by atoms with E-state index in [1.807, 2.05) is 0 Å². The number of aliphatic hydroxyl groups excluding tert-OH is 1. The molecule has 6 nitrogen and oxygen atoms in total. The number of nitrogens with zero attached hydrogens (tertiary/aromatic N) is 1. The minimum atomic E-state index is -4.56. The van der Waals surface area contributed by atoms with E-state index >= 15 is 0 Å². The van der Waals surface area contributed by atoms with Crippen molar-refractivity contribution < 1.29 is 33.0 Å². The Morgan fingerprint density at radius 3 is 2.47 bits per heavy atom. The van der Waals surface area contributed by atoms with Crippen LogP contribution < -0.4 is 5.32 Å². The molecular weight excluding hydrogens is 245 g/mol. The number of likely N-dealkylation sites (tertiary alicyclic amines) is 1. The SMILES string of the molecule is O=C(O)[C@@H]1C[C@@H](O)CN1C(=O)NCC(F)(F)F. The largest absolute Gasteiger partial charge is 0.480 e. The second-order valence-corrected chi connectivity index (χ2v) is 3.67. The maximum absolute atomic E-state index is 11.8. The molecule has 0 aromatic carbocycles. The molecule has 1 aliphatic rings. The second kappa shape index (κ2) is 4.78. The Labute approximate surface area is 94.0 Å². The van der Waals surface area contributed by atoms with Gasteiger partial charge in [0.25, 0.3) is 0 Å². The Kier molecular flexibility index (Phi) is 3.81. The molecule has 0 radical (unpaired) electrons. The van der Waals surface area contributed by atoms with E-state index in [-0.39, 0.29) is 13.0 Å². The zero-order valence-electron chi connectivity index (χ0n) is 8.57. The Hall–Kier alpha value is -1.51. The van der Waals surface area contributed by atoms with E-state index in [0.29, 0.717) is 4.90 Å². The van der Waals surface area contributed by atoms with E-state index in [9.17, 15) is 27.9 Å². The van der Waals surface area contributed by atoms with Crippen molar-refractivity contribution in [3.05, 3.63) is 0 Å². The lowest BCUT2D eigenvalue weighted by atomic mass is 10.2. The maximum atomic E-state index is 11.8. The summed E-state index contributed by atoms with van der Waals surface area (Å²) < 4.78 is 35.5. The van der Waals surface area contributed by atoms with Crippen molar-refractivity contribution in [3.63, 3.8) is 0 Å². The fourth-order valence-corrected chi connectivity index (χ4v) is 1.55. The molecule has 0 unspecified atom stereocenters. The van der Waals surface area contributed by atoms with E-state index in [4.69, 9.17) is 5.11 Å². The summed E-state index contributed by atoms with van der Waals surface area (Å²) in [5, 5.41) is 19.5. The topological polar surface area (TPSA) is 89.9 Å². The van der Waals surface area contributed by atoms with Crippen molar-refractivity contribution in [2.75, 3.05) is 13.1 Å². The van der Waals surface area contributed by atoms with E-state index in [1.54, 1.807) is 5.32 Å². The van der Waals surface area contributed by atoms with Gasteiger partial charge in [0, 0.05) is 13.0 Å². The number of urea groups is 1. The molecule has 0 aliphatic carbocycles. The summed E-state index contributed by atoms with van der Waals surface area (Å²) in [6, 6.07) is -2.44. The first-order valence-corrected chi connectivity index (χ1v) is 4.73. The fourth-order valence-electron chi connectivity index (χ4n) is 1.55. The second-order valence-electron chi connectivity index (χ2n) is 3.67. The summed E-state index contributed by atoms with van der Waals surface area (Å²) in [4.78, 5) is 22.7. The van der Waals surface area contributed by atoms with Crippen LogP contribution in [0.15, 0.2) is 0 Å². The van der Waals surface area contributed by atoms with Crippen LogP contribution in [0.2, 0.25) is 0 Å². The van der Waals surface area contributed by atoms with Gasteiger partial charge in [-0.25, -0.2) is 9.59 Å². The van der Waals surface area contributed by atoms with Gasteiger partial charge in [-0.05, 0) is 0 Å². The number of carbonyl (C=O) groups excluding carboxylic acids is 1. The van der Waals surface area contributed by atoms with Crippen molar-refractivity contribution in [3.8, 4) is 0 Å². The number of halogens is 3. The van der Waals surface area contributed by atoms with Gasteiger partial charge in [-0.1, -0.05) is 0 Å². The quantitative estimate of drug-likeness (QED) is 0.637. The molecule has 98 valence electrons. The van der Waals surface area contributed by atoms with Crippen LogP contribution >= 0.6 is 0 Å². The number of carbonyl (C=O) groups is 2. The normalized spacial score (nSPS) is 24.8. The number of hydrogen-bond donors (Lipinski definition) is 3. The highest BCUT2D eigenvalue weighted by Gasteiger charge is 2.40. The molecule has 0 aromatic rings. The van der Waals surface area contributed by atoms with Crippen LogP contribution in [0.25, 0.3) is 0 Å². The molecule has 0 bridgehead atoms. The molecule has 0 spiro atoms. The highest BCUT2D eigenvalue weighted by Crippen LogP contribution is 2.19. The molecule has 1 aliphatic heterocycles. The van der Waals surface area contributed by atoms with E-state index in [2.05, 4.69) is 0 Å². The molecule has 2 atom stereocenters. The number of carboxylic acid groups (broad SMARTS) is 1. The molecule has 0 saturated carbocycles. The van der Waals surface area contributed by atoms with Gasteiger partial charge in [0.05, 0.1) is 6.10 Å². The Balaban J connectivity index is 2.59. The molecule has 1 saturated heterocycles. The van der Waals surface area contributed by atoms with Gasteiger partial charge >= 0.3 is 18.2 Å². The molecule has 1 rings (SSSR count). The van der Waals surface area contributed by atoms with Crippen molar-refractivity contribution in [1.29, 1.82) is 0 Å². The van der Waals surface area contributed by atoms with Crippen LogP contribution in [0.4, 0.5) is 18.0 Å². The average Bonchev–Trinajstić information content (AvgIpc) is 2.55. The lowest BCUT2D eigenvalue weighted by Crippen LogP contribution is -2.48. The number of carboxylic acids is 1. The molecule has 1 heterocycles. The minimum absolute atomic E-state index is 0.186. The predicted molar refractivity (Wildman–Crippen MR) is 48.2 cm³/mol. The molecule has 0 aromatic heterocycles. The predicted octanol–water partition coefficient (Wildman–Crippen LogP) is -0.222. The Morgan fingerprint density at radius 2 is 2.00 bits per heavy atom. The summed E-state index contributed by atoms with van der Waals surface area (Å²) in [7, 11) is 0. The minimum Gasteiger partial charge on any atom is -0.480 e. The molecule has 3 N–H and O–H groups in total. The maximum Gasteiger partial charge on any atom is 0.405 e. The third kappa shape index (κ3) is 3.77. The summed E-state index contributed by atoms with van der Waals surface area (Å²) in [6.07, 6.45) is -5.78. The number of aliphatic carboxylic acids is 1. The zero-order chi connectivity index (χ0) is 13.2.